The first-order valence-electron chi connectivity index (χ1n) is 40.0. The summed E-state index contributed by atoms with van der Waals surface area (Å²) in [4.78, 5) is 45.3. The molecule has 0 atom stereocenters. The number of nitrogens with zero attached hydrogens (tertiary/aromatic N) is 7. The summed E-state index contributed by atoms with van der Waals surface area (Å²) in [7, 11) is -1.46. The molecule has 20 aromatic rings. The molecule has 2 aliphatic rings. The molecular formula is C104H66BBr2N7O10. The zero-order valence-electron chi connectivity index (χ0n) is 65.6. The molecule has 0 spiro atoms. The van der Waals surface area contributed by atoms with Crippen LogP contribution in [0, 0.1) is 40.5 Å². The van der Waals surface area contributed by atoms with Gasteiger partial charge < -0.3 is 23.7 Å². The summed E-state index contributed by atoms with van der Waals surface area (Å²) in [6, 6.07) is 127. The quantitative estimate of drug-likeness (QED) is 0.0594. The largest absolute Gasteiger partial charge is 0.488 e. The monoisotopic (exact) mass is 1740 g/mol. The Morgan fingerprint density at radius 1 is 0.250 bits per heavy atom. The van der Waals surface area contributed by atoms with Gasteiger partial charge in [0.25, 0.3) is 22.7 Å². The lowest BCUT2D eigenvalue weighted by Crippen LogP contribution is -2.29. The fraction of sp³-hybridized carbons (Fsp3) is 0.0192. The van der Waals surface area contributed by atoms with Crippen molar-refractivity contribution >= 4 is 133 Å². The molecule has 594 valence electrons. The van der Waals surface area contributed by atoms with Gasteiger partial charge in [-0.1, -0.05) is 250 Å². The number of benzene rings is 17. The normalized spacial score (nSPS) is 12.6. The van der Waals surface area contributed by atoms with Crippen molar-refractivity contribution < 1.29 is 29.7 Å². The van der Waals surface area contributed by atoms with Crippen LogP contribution < -0.4 is 5.46 Å². The van der Waals surface area contributed by atoms with Crippen LogP contribution in [0.15, 0.2) is 397 Å². The highest BCUT2D eigenvalue weighted by Gasteiger charge is 2.49. The van der Waals surface area contributed by atoms with Gasteiger partial charge in [-0.2, -0.15) is 0 Å². The van der Waals surface area contributed by atoms with E-state index in [1.54, 1.807) is 54.6 Å². The minimum absolute atomic E-state index is 0.000437. The topological polar surface area (TPSA) is 228 Å². The number of hydrogen-bond donors (Lipinski definition) is 2. The SMILES string of the molecule is O=[N+]([O-])c1ccc(C2(c3ccc([N+](=O)[O-])cc3)c3cc(-c4ccc5c(c4)c4ccccc4n5-c4ccccc4)ccc3-c3ccc(-c4ccc5c(c4)c4ccccc4n5-c4ccccc4)cc32)cc1.O=[N+]([O-])c1ccc(C2(c3ccc([N+](=O)[O-])cc3)c3cc(Br)ccc3-c3ccc(Br)cc32)cc1.OB(O)c1ccc2c(c1)c1ccccc1n2-c1ccccc1. The molecule has 0 bridgehead atoms. The molecule has 22 rings (SSSR count). The van der Waals surface area contributed by atoms with Crippen LogP contribution >= 0.6 is 31.9 Å². The van der Waals surface area contributed by atoms with Crippen LogP contribution in [-0.4, -0.2) is 50.6 Å². The van der Waals surface area contributed by atoms with Crippen molar-refractivity contribution in [3.05, 3.63) is 482 Å². The number of nitro benzene ring substituents is 4. The van der Waals surface area contributed by atoms with E-state index in [0.29, 0.717) is 5.46 Å². The van der Waals surface area contributed by atoms with E-state index in [1.807, 2.05) is 115 Å². The number of fused-ring (bicyclic) bond motifs is 15. The number of non-ortho nitro benzene ring substituents is 4. The second kappa shape index (κ2) is 31.0. The maximum Gasteiger partial charge on any atom is 0.488 e. The highest BCUT2D eigenvalue weighted by Crippen LogP contribution is 2.60. The van der Waals surface area contributed by atoms with Crippen LogP contribution in [0.3, 0.4) is 0 Å². The molecular weight excluding hydrogens is 1680 g/mol. The zero-order chi connectivity index (χ0) is 84.8. The summed E-state index contributed by atoms with van der Waals surface area (Å²) in [5.74, 6) is 0. The van der Waals surface area contributed by atoms with Crippen LogP contribution in [0.25, 0.3) is 127 Å². The van der Waals surface area contributed by atoms with Gasteiger partial charge in [-0.25, -0.2) is 0 Å². The van der Waals surface area contributed by atoms with Crippen LogP contribution in [0.1, 0.15) is 44.5 Å². The van der Waals surface area contributed by atoms with Gasteiger partial charge in [-0.05, 0) is 216 Å². The Kier molecular flexibility index (Phi) is 19.4. The van der Waals surface area contributed by atoms with Crippen molar-refractivity contribution in [1.29, 1.82) is 0 Å². The molecule has 124 heavy (non-hydrogen) atoms. The highest BCUT2D eigenvalue weighted by molar-refractivity contribution is 9.10. The first-order chi connectivity index (χ1) is 60.4. The third-order valence-corrected chi connectivity index (χ3v) is 25.3. The molecule has 17 nitrogen and oxygen atoms in total. The summed E-state index contributed by atoms with van der Waals surface area (Å²) in [6.07, 6.45) is 0. The Morgan fingerprint density at radius 3 is 0.806 bits per heavy atom. The van der Waals surface area contributed by atoms with Crippen molar-refractivity contribution in [3.63, 3.8) is 0 Å². The molecule has 2 N–H and O–H groups in total. The van der Waals surface area contributed by atoms with E-state index in [1.165, 1.54) is 24.3 Å². The molecule has 0 saturated heterocycles. The standard InChI is InChI=1S/C61H38N4O4.C25H14Br2N2O4.C18H14BNO2/c66-64(67)47-27-23-43(24-28-47)61(44-25-29-48(30-26-44)65(68)69)55-37-41(39-21-33-59-53(35-39)51-15-7-9-17-57(51)62(59)45-11-3-1-4-12-45)19-31-49(55)50-32-20-42(38-56(50)61)40-22-34-60-54(36-40)52-16-8-10-18-58(52)63(60)46-13-5-2-6-14-46;26-17-5-11-21-22-12-6-18(27)14-24(22)25(23(21)13-17,15-1-7-19(8-2-15)28(30)31)16-3-9-20(10-4-16)29(32)33;21-19(22)13-10-11-18-16(12-13)15-8-4-5-9-17(15)20(18)14-6-2-1-3-7-14/h1-38H;1-14H;1-12,21-22H. The summed E-state index contributed by atoms with van der Waals surface area (Å²) < 4.78 is 8.58. The van der Waals surface area contributed by atoms with Crippen molar-refractivity contribution in [2.24, 2.45) is 0 Å². The third kappa shape index (κ3) is 12.8. The van der Waals surface area contributed by atoms with Crippen molar-refractivity contribution in [3.8, 4) is 61.6 Å². The maximum absolute atomic E-state index is 12.1. The van der Waals surface area contributed by atoms with Crippen LogP contribution in [0.2, 0.25) is 0 Å². The van der Waals surface area contributed by atoms with E-state index in [-0.39, 0.29) is 32.6 Å². The molecule has 0 aliphatic heterocycles. The van der Waals surface area contributed by atoms with Crippen molar-refractivity contribution in [2.45, 2.75) is 10.8 Å². The minimum atomic E-state index is -1.46. The molecule has 3 heterocycles. The lowest BCUT2D eigenvalue weighted by Gasteiger charge is -2.34. The summed E-state index contributed by atoms with van der Waals surface area (Å²) in [5, 5.41) is 72.4. The number of rotatable bonds is 14. The lowest BCUT2D eigenvalue weighted by atomic mass is 9.67. The Morgan fingerprint density at radius 2 is 0.500 bits per heavy atom. The second-order valence-corrected chi connectivity index (χ2v) is 32.6. The van der Waals surface area contributed by atoms with E-state index in [4.69, 9.17) is 0 Å². The molecule has 20 heteroatoms. The maximum atomic E-state index is 12.1. The summed E-state index contributed by atoms with van der Waals surface area (Å²) >= 11 is 7.19. The number of nitro groups is 4. The smallest absolute Gasteiger partial charge is 0.423 e. The Bertz CT molecular complexity index is 7360. The van der Waals surface area contributed by atoms with E-state index in [9.17, 15) is 50.5 Å². The van der Waals surface area contributed by atoms with Crippen LogP contribution in [0.5, 0.6) is 0 Å². The first-order valence-corrected chi connectivity index (χ1v) is 41.6. The van der Waals surface area contributed by atoms with E-state index >= 15 is 0 Å². The Hall–Kier alpha value is -15.3. The Balaban J connectivity index is 0.000000145. The first kappa shape index (κ1) is 77.3. The van der Waals surface area contributed by atoms with Gasteiger partial charge >= 0.3 is 7.12 Å². The molecule has 0 radical (unpaired) electrons. The predicted octanol–water partition coefficient (Wildman–Crippen LogP) is 25.2. The lowest BCUT2D eigenvalue weighted by molar-refractivity contribution is -0.385. The zero-order valence-corrected chi connectivity index (χ0v) is 68.7. The van der Waals surface area contributed by atoms with E-state index in [0.717, 1.165) is 180 Å². The fourth-order valence-electron chi connectivity index (χ4n) is 18.9. The van der Waals surface area contributed by atoms with Gasteiger partial charge in [0.05, 0.1) is 63.6 Å². The number of hydrogen-bond acceptors (Lipinski definition) is 10. The van der Waals surface area contributed by atoms with Gasteiger partial charge in [0.15, 0.2) is 0 Å². The average molecular weight is 1740 g/mol. The molecule has 3 aromatic heterocycles. The fourth-order valence-corrected chi connectivity index (χ4v) is 19.6. The third-order valence-electron chi connectivity index (χ3n) is 24.3. The molecule has 17 aromatic carbocycles. The molecule has 0 amide bonds. The predicted molar refractivity (Wildman–Crippen MR) is 500 cm³/mol. The molecule has 0 fully saturated rings. The van der Waals surface area contributed by atoms with E-state index in [2.05, 4.69) is 240 Å². The molecule has 0 saturated carbocycles. The molecule has 0 unspecified atom stereocenters. The molecule has 2 aliphatic carbocycles. The van der Waals surface area contributed by atoms with Gasteiger partial charge in [0.2, 0.25) is 0 Å². The second-order valence-electron chi connectivity index (χ2n) is 30.8. The average Bonchev–Trinajstić information content (AvgIpc) is 1.53. The van der Waals surface area contributed by atoms with Gasteiger partial charge in [0, 0.05) is 107 Å². The summed E-state index contributed by atoms with van der Waals surface area (Å²) in [5.41, 5.74) is 23.8. The van der Waals surface area contributed by atoms with Crippen molar-refractivity contribution in [2.75, 3.05) is 0 Å². The van der Waals surface area contributed by atoms with Crippen LogP contribution in [0.4, 0.5) is 22.7 Å². The van der Waals surface area contributed by atoms with Crippen LogP contribution in [-0.2, 0) is 10.8 Å². The minimum Gasteiger partial charge on any atom is -0.423 e. The highest BCUT2D eigenvalue weighted by atomic mass is 79.9. The number of aromatic nitrogens is 3. The van der Waals surface area contributed by atoms with E-state index < -0.39 is 27.8 Å². The van der Waals surface area contributed by atoms with Gasteiger partial charge in [-0.15, -0.1) is 0 Å². The summed E-state index contributed by atoms with van der Waals surface area (Å²) in [6.45, 7) is 0. The number of halogens is 2. The van der Waals surface area contributed by atoms with Gasteiger partial charge in [0.1, 0.15) is 0 Å². The Labute approximate surface area is 725 Å². The van der Waals surface area contributed by atoms with Gasteiger partial charge in [-0.3, -0.25) is 40.5 Å². The number of para-hydroxylation sites is 6. The van der Waals surface area contributed by atoms with Crippen molar-refractivity contribution in [1.82, 2.24) is 13.7 Å².